The molecule has 0 fully saturated rings. The quantitative estimate of drug-likeness (QED) is 0.886. The van der Waals surface area contributed by atoms with Crippen LogP contribution in [0.5, 0.6) is 5.75 Å². The Morgan fingerprint density at radius 2 is 1.81 bits per heavy atom. The number of amides is 1. The lowest BCUT2D eigenvalue weighted by atomic mass is 9.98. The van der Waals surface area contributed by atoms with Gasteiger partial charge in [0.1, 0.15) is 5.75 Å². The van der Waals surface area contributed by atoms with Crippen LogP contribution in [0.4, 0.5) is 5.69 Å². The summed E-state index contributed by atoms with van der Waals surface area (Å²) in [5, 5.41) is 18.3. The molecule has 2 aromatic rings. The SMILES string of the molecule is O=C(O)c1ccc(N2CCc3cc(O)ccc3C2=O)cc1. The zero-order chi connectivity index (χ0) is 15.0. The van der Waals surface area contributed by atoms with E-state index in [1.165, 1.54) is 18.2 Å². The maximum absolute atomic E-state index is 12.5. The van der Waals surface area contributed by atoms with E-state index in [9.17, 15) is 14.7 Å². The number of hydrogen-bond donors (Lipinski definition) is 2. The van der Waals surface area contributed by atoms with Crippen LogP contribution in [0.15, 0.2) is 42.5 Å². The van der Waals surface area contributed by atoms with Crippen LogP contribution in [0.3, 0.4) is 0 Å². The number of phenols is 1. The summed E-state index contributed by atoms with van der Waals surface area (Å²) in [7, 11) is 0. The van der Waals surface area contributed by atoms with Crippen LogP contribution in [0.2, 0.25) is 0 Å². The highest BCUT2D eigenvalue weighted by Crippen LogP contribution is 2.27. The molecule has 0 saturated heterocycles. The molecule has 106 valence electrons. The van der Waals surface area contributed by atoms with E-state index in [0.29, 0.717) is 24.2 Å². The van der Waals surface area contributed by atoms with E-state index in [1.54, 1.807) is 29.2 Å². The fraction of sp³-hybridized carbons (Fsp3) is 0.125. The van der Waals surface area contributed by atoms with Gasteiger partial charge >= 0.3 is 5.97 Å². The van der Waals surface area contributed by atoms with Crippen molar-refractivity contribution in [3.8, 4) is 5.75 Å². The molecule has 2 N–H and O–H groups in total. The lowest BCUT2D eigenvalue weighted by molar-refractivity contribution is 0.0696. The number of anilines is 1. The Balaban J connectivity index is 1.92. The standard InChI is InChI=1S/C16H13NO4/c18-13-5-6-14-11(9-13)7-8-17(15(14)19)12-3-1-10(2-4-12)16(20)21/h1-6,9,18H,7-8H2,(H,20,21). The summed E-state index contributed by atoms with van der Waals surface area (Å²) < 4.78 is 0. The Bertz CT molecular complexity index is 722. The summed E-state index contributed by atoms with van der Waals surface area (Å²) in [6.07, 6.45) is 0.649. The lowest BCUT2D eigenvalue weighted by Crippen LogP contribution is -2.37. The third kappa shape index (κ3) is 2.33. The number of carboxylic acids is 1. The van der Waals surface area contributed by atoms with Gasteiger partial charge in [0, 0.05) is 17.8 Å². The molecule has 0 atom stereocenters. The topological polar surface area (TPSA) is 77.8 Å². The first-order valence-electron chi connectivity index (χ1n) is 6.53. The molecule has 21 heavy (non-hydrogen) atoms. The molecule has 0 spiro atoms. The number of hydrogen-bond acceptors (Lipinski definition) is 3. The second-order valence-corrected chi connectivity index (χ2v) is 4.90. The van der Waals surface area contributed by atoms with Crippen LogP contribution in [-0.2, 0) is 6.42 Å². The molecular formula is C16H13NO4. The first-order valence-corrected chi connectivity index (χ1v) is 6.53. The van der Waals surface area contributed by atoms with E-state index in [4.69, 9.17) is 5.11 Å². The molecule has 1 aliphatic heterocycles. The van der Waals surface area contributed by atoms with Crippen molar-refractivity contribution < 1.29 is 19.8 Å². The molecule has 0 bridgehead atoms. The zero-order valence-corrected chi connectivity index (χ0v) is 11.1. The number of aromatic hydroxyl groups is 1. The number of carbonyl (C=O) groups excluding carboxylic acids is 1. The number of nitrogens with zero attached hydrogens (tertiary/aromatic N) is 1. The number of carboxylic acid groups (broad SMARTS) is 1. The van der Waals surface area contributed by atoms with Crippen LogP contribution in [0, 0.1) is 0 Å². The summed E-state index contributed by atoms with van der Waals surface area (Å²) in [4.78, 5) is 24.9. The molecule has 0 aromatic heterocycles. The average molecular weight is 283 g/mol. The molecule has 5 nitrogen and oxygen atoms in total. The molecule has 0 aliphatic carbocycles. The normalized spacial score (nSPS) is 13.9. The maximum Gasteiger partial charge on any atom is 0.335 e. The second kappa shape index (κ2) is 4.94. The van der Waals surface area contributed by atoms with Crippen molar-refractivity contribution in [3.05, 3.63) is 59.2 Å². The molecule has 5 heteroatoms. The number of phenolic OH excluding ortho intramolecular Hbond substituents is 1. The van der Waals surface area contributed by atoms with Gasteiger partial charge in [0.2, 0.25) is 0 Å². The molecule has 3 rings (SSSR count). The van der Waals surface area contributed by atoms with E-state index in [-0.39, 0.29) is 17.2 Å². The van der Waals surface area contributed by atoms with Crippen molar-refractivity contribution in [1.82, 2.24) is 0 Å². The fourth-order valence-corrected chi connectivity index (χ4v) is 2.51. The van der Waals surface area contributed by atoms with Gasteiger partial charge in [-0.2, -0.15) is 0 Å². The predicted molar refractivity (Wildman–Crippen MR) is 76.9 cm³/mol. The molecule has 1 heterocycles. The van der Waals surface area contributed by atoms with Crippen molar-refractivity contribution in [1.29, 1.82) is 0 Å². The third-order valence-corrected chi connectivity index (χ3v) is 3.60. The van der Waals surface area contributed by atoms with Gasteiger partial charge in [0.15, 0.2) is 0 Å². The Labute approximate surface area is 121 Å². The smallest absolute Gasteiger partial charge is 0.335 e. The number of benzene rings is 2. The Hall–Kier alpha value is -2.82. The molecular weight excluding hydrogens is 270 g/mol. The summed E-state index contributed by atoms with van der Waals surface area (Å²) >= 11 is 0. The van der Waals surface area contributed by atoms with Crippen molar-refractivity contribution in [3.63, 3.8) is 0 Å². The maximum atomic E-state index is 12.5. The highest BCUT2D eigenvalue weighted by molar-refractivity contribution is 6.08. The van der Waals surface area contributed by atoms with Crippen molar-refractivity contribution >= 4 is 17.6 Å². The van der Waals surface area contributed by atoms with Gasteiger partial charge in [-0.15, -0.1) is 0 Å². The molecule has 0 radical (unpaired) electrons. The number of fused-ring (bicyclic) bond motifs is 1. The molecule has 2 aromatic carbocycles. The highest BCUT2D eigenvalue weighted by Gasteiger charge is 2.25. The van der Waals surface area contributed by atoms with E-state index in [2.05, 4.69) is 0 Å². The van der Waals surface area contributed by atoms with Gasteiger partial charge in [-0.1, -0.05) is 0 Å². The highest BCUT2D eigenvalue weighted by atomic mass is 16.4. The predicted octanol–water partition coefficient (Wildman–Crippen LogP) is 2.29. The average Bonchev–Trinajstić information content (AvgIpc) is 2.47. The second-order valence-electron chi connectivity index (χ2n) is 4.90. The van der Waals surface area contributed by atoms with Gasteiger partial charge in [-0.05, 0) is 54.4 Å². The van der Waals surface area contributed by atoms with Gasteiger partial charge in [0.05, 0.1) is 5.56 Å². The molecule has 1 amide bonds. The molecule has 0 unspecified atom stereocenters. The lowest BCUT2D eigenvalue weighted by Gasteiger charge is -2.28. The van der Waals surface area contributed by atoms with Gasteiger partial charge in [-0.25, -0.2) is 4.79 Å². The largest absolute Gasteiger partial charge is 0.508 e. The van der Waals surface area contributed by atoms with Crippen LogP contribution >= 0.6 is 0 Å². The van der Waals surface area contributed by atoms with Crippen molar-refractivity contribution in [2.45, 2.75) is 6.42 Å². The van der Waals surface area contributed by atoms with E-state index >= 15 is 0 Å². The van der Waals surface area contributed by atoms with Gasteiger partial charge in [-0.3, -0.25) is 4.79 Å². The van der Waals surface area contributed by atoms with Crippen molar-refractivity contribution in [2.24, 2.45) is 0 Å². The Morgan fingerprint density at radius 1 is 1.10 bits per heavy atom. The van der Waals surface area contributed by atoms with Gasteiger partial charge < -0.3 is 15.1 Å². The first kappa shape index (κ1) is 13.2. The third-order valence-electron chi connectivity index (χ3n) is 3.60. The minimum Gasteiger partial charge on any atom is -0.508 e. The van der Waals surface area contributed by atoms with E-state index in [1.807, 2.05) is 0 Å². The summed E-state index contributed by atoms with van der Waals surface area (Å²) in [5.74, 6) is -0.979. The minimum absolute atomic E-state index is 0.140. The monoisotopic (exact) mass is 283 g/mol. The molecule has 1 aliphatic rings. The van der Waals surface area contributed by atoms with Crippen LogP contribution in [0.1, 0.15) is 26.3 Å². The van der Waals surface area contributed by atoms with Crippen LogP contribution < -0.4 is 4.90 Å². The van der Waals surface area contributed by atoms with Gasteiger partial charge in [0.25, 0.3) is 5.91 Å². The Kier molecular flexibility index (Phi) is 3.10. The number of carbonyl (C=O) groups is 2. The summed E-state index contributed by atoms with van der Waals surface area (Å²) in [6, 6.07) is 10.9. The van der Waals surface area contributed by atoms with Crippen LogP contribution in [0.25, 0.3) is 0 Å². The minimum atomic E-state index is -0.993. The van der Waals surface area contributed by atoms with Crippen LogP contribution in [-0.4, -0.2) is 28.6 Å². The fourth-order valence-electron chi connectivity index (χ4n) is 2.51. The summed E-state index contributed by atoms with van der Waals surface area (Å²) in [5.41, 5.74) is 2.26. The van der Waals surface area contributed by atoms with Crippen molar-refractivity contribution in [2.75, 3.05) is 11.4 Å². The first-order chi connectivity index (χ1) is 10.1. The Morgan fingerprint density at radius 3 is 2.48 bits per heavy atom. The zero-order valence-electron chi connectivity index (χ0n) is 11.1. The number of rotatable bonds is 2. The van der Waals surface area contributed by atoms with E-state index < -0.39 is 5.97 Å². The van der Waals surface area contributed by atoms with E-state index in [0.717, 1.165) is 5.56 Å². The summed E-state index contributed by atoms with van der Waals surface area (Å²) in [6.45, 7) is 0.502. The molecule has 0 saturated carbocycles. The number of aromatic carboxylic acids is 1.